The summed E-state index contributed by atoms with van der Waals surface area (Å²) >= 11 is 0. The molecule has 1 aliphatic rings. The minimum atomic E-state index is -0.632. The molecule has 2 heterocycles. The van der Waals surface area contributed by atoms with Gasteiger partial charge in [0.1, 0.15) is 11.4 Å². The summed E-state index contributed by atoms with van der Waals surface area (Å²) in [6.07, 6.45) is 2.69. The van der Waals surface area contributed by atoms with Gasteiger partial charge < -0.3 is 19.7 Å². The number of rotatable bonds is 4. The molecule has 1 saturated heterocycles. The number of benzene rings is 1. The van der Waals surface area contributed by atoms with E-state index in [4.69, 9.17) is 4.74 Å². The van der Waals surface area contributed by atoms with E-state index < -0.39 is 5.60 Å². The first kappa shape index (κ1) is 16.8. The van der Waals surface area contributed by atoms with Gasteiger partial charge in [0.2, 0.25) is 0 Å². The predicted molar refractivity (Wildman–Crippen MR) is 94.4 cm³/mol. The van der Waals surface area contributed by atoms with Gasteiger partial charge in [0.25, 0.3) is 5.91 Å². The summed E-state index contributed by atoms with van der Waals surface area (Å²) in [6, 6.07) is 7.66. The molecule has 0 aliphatic carbocycles. The second-order valence-electron chi connectivity index (χ2n) is 7.39. The third-order valence-corrected chi connectivity index (χ3v) is 4.75. The molecule has 1 amide bonds. The zero-order valence-corrected chi connectivity index (χ0v) is 14.6. The lowest BCUT2D eigenvalue weighted by molar-refractivity contribution is 0.0357. The Kier molecular flexibility index (Phi) is 4.54. The number of aliphatic hydroxyl groups is 1. The zero-order chi connectivity index (χ0) is 17.3. The highest BCUT2D eigenvalue weighted by atomic mass is 16.5. The number of fused-ring (bicyclic) bond motifs is 1. The van der Waals surface area contributed by atoms with E-state index in [1.165, 1.54) is 0 Å². The summed E-state index contributed by atoms with van der Waals surface area (Å²) in [7, 11) is 1.63. The van der Waals surface area contributed by atoms with Gasteiger partial charge in [-0.3, -0.25) is 4.79 Å². The molecule has 0 spiro atoms. The van der Waals surface area contributed by atoms with Gasteiger partial charge in [-0.1, -0.05) is 0 Å². The Bertz CT molecular complexity index is 722. The molecule has 5 heteroatoms. The van der Waals surface area contributed by atoms with Crippen LogP contribution < -0.4 is 4.74 Å². The van der Waals surface area contributed by atoms with Crippen molar-refractivity contribution in [3.8, 4) is 5.75 Å². The number of likely N-dealkylation sites (tertiary alicyclic amines) is 1. The van der Waals surface area contributed by atoms with Crippen LogP contribution in [0.25, 0.3) is 10.9 Å². The van der Waals surface area contributed by atoms with Crippen molar-refractivity contribution in [3.05, 3.63) is 30.0 Å². The van der Waals surface area contributed by atoms with Crippen molar-refractivity contribution < 1.29 is 14.6 Å². The van der Waals surface area contributed by atoms with E-state index in [0.29, 0.717) is 11.6 Å². The van der Waals surface area contributed by atoms with Gasteiger partial charge in [-0.05, 0) is 57.2 Å². The smallest absolute Gasteiger partial charge is 0.270 e. The average Bonchev–Trinajstić information content (AvgIpc) is 2.96. The van der Waals surface area contributed by atoms with Crippen LogP contribution >= 0.6 is 0 Å². The van der Waals surface area contributed by atoms with Gasteiger partial charge in [-0.25, -0.2) is 0 Å². The number of nitrogens with one attached hydrogen (secondary N) is 1. The highest BCUT2D eigenvalue weighted by Crippen LogP contribution is 2.27. The molecule has 2 N–H and O–H groups in total. The Morgan fingerprint density at radius 2 is 2.04 bits per heavy atom. The van der Waals surface area contributed by atoms with Crippen molar-refractivity contribution in [2.75, 3.05) is 20.2 Å². The first-order valence-electron chi connectivity index (χ1n) is 8.54. The van der Waals surface area contributed by atoms with Gasteiger partial charge in [-0.2, -0.15) is 0 Å². The highest BCUT2D eigenvalue weighted by Gasteiger charge is 2.27. The monoisotopic (exact) mass is 330 g/mol. The number of hydrogen-bond donors (Lipinski definition) is 2. The van der Waals surface area contributed by atoms with Crippen molar-refractivity contribution in [2.24, 2.45) is 5.92 Å². The Balaban J connectivity index is 1.67. The minimum absolute atomic E-state index is 0.0480. The lowest BCUT2D eigenvalue weighted by Gasteiger charge is -2.34. The van der Waals surface area contributed by atoms with Gasteiger partial charge in [0, 0.05) is 30.1 Å². The summed E-state index contributed by atoms with van der Waals surface area (Å²) in [5, 5.41) is 11.0. The Morgan fingerprint density at radius 1 is 1.33 bits per heavy atom. The maximum absolute atomic E-state index is 12.7. The summed E-state index contributed by atoms with van der Waals surface area (Å²) in [6.45, 7) is 5.20. The van der Waals surface area contributed by atoms with E-state index in [1.54, 1.807) is 7.11 Å². The van der Waals surface area contributed by atoms with Crippen molar-refractivity contribution in [3.63, 3.8) is 0 Å². The second-order valence-corrected chi connectivity index (χ2v) is 7.39. The van der Waals surface area contributed by atoms with E-state index in [0.717, 1.165) is 49.0 Å². The molecule has 0 atom stereocenters. The molecular formula is C19H26N2O3. The minimum Gasteiger partial charge on any atom is -0.497 e. The quantitative estimate of drug-likeness (QED) is 0.905. The molecule has 0 saturated carbocycles. The number of methoxy groups -OCH3 is 1. The van der Waals surface area contributed by atoms with Crippen LogP contribution in [0, 0.1) is 5.92 Å². The molecule has 24 heavy (non-hydrogen) atoms. The molecule has 1 aromatic heterocycles. The van der Waals surface area contributed by atoms with Crippen LogP contribution in [0.2, 0.25) is 0 Å². The summed E-state index contributed by atoms with van der Waals surface area (Å²) < 4.78 is 5.22. The molecule has 3 rings (SSSR count). The number of nitrogens with zero attached hydrogens (tertiary/aromatic N) is 1. The molecule has 1 fully saturated rings. The normalized spacial score (nSPS) is 16.6. The lowest BCUT2D eigenvalue weighted by atomic mass is 9.86. The van der Waals surface area contributed by atoms with Gasteiger partial charge in [-0.15, -0.1) is 0 Å². The number of aromatic amines is 1. The van der Waals surface area contributed by atoms with Gasteiger partial charge >= 0.3 is 0 Å². The number of carbonyl (C=O) groups is 1. The standard InChI is InChI=1S/C19H26N2O3/c1-19(2,23)12-13-6-8-21(9-7-13)18(22)17-10-14-4-5-15(24-3)11-16(14)20-17/h4-5,10-11,13,20,23H,6-9,12H2,1-3H3. The van der Waals surface area contributed by atoms with Crippen LogP contribution in [0.5, 0.6) is 5.75 Å². The van der Waals surface area contributed by atoms with Crippen LogP contribution in [-0.4, -0.2) is 46.7 Å². The molecule has 2 aromatic rings. The molecule has 130 valence electrons. The molecule has 0 unspecified atom stereocenters. The van der Waals surface area contributed by atoms with E-state index in [1.807, 2.05) is 43.0 Å². The summed E-state index contributed by atoms with van der Waals surface area (Å²) in [5.41, 5.74) is 0.904. The fraction of sp³-hybridized carbons (Fsp3) is 0.526. The SMILES string of the molecule is COc1ccc2cc(C(=O)N3CCC(CC(C)(C)O)CC3)[nH]c2c1. The number of hydrogen-bond acceptors (Lipinski definition) is 3. The zero-order valence-electron chi connectivity index (χ0n) is 14.6. The topological polar surface area (TPSA) is 65.6 Å². The number of piperidine rings is 1. The van der Waals surface area contributed by atoms with Crippen molar-refractivity contribution in [1.82, 2.24) is 9.88 Å². The molecule has 0 radical (unpaired) electrons. The van der Waals surface area contributed by atoms with Crippen LogP contribution in [-0.2, 0) is 0 Å². The first-order valence-corrected chi connectivity index (χ1v) is 8.54. The fourth-order valence-corrected chi connectivity index (χ4v) is 3.57. The summed E-state index contributed by atoms with van der Waals surface area (Å²) in [5.74, 6) is 1.31. The predicted octanol–water partition coefficient (Wildman–Crippen LogP) is 3.19. The number of carbonyl (C=O) groups excluding carboxylic acids is 1. The third kappa shape index (κ3) is 3.73. The number of amides is 1. The van der Waals surface area contributed by atoms with E-state index in [2.05, 4.69) is 4.98 Å². The van der Waals surface area contributed by atoms with E-state index in [9.17, 15) is 9.90 Å². The summed E-state index contributed by atoms with van der Waals surface area (Å²) in [4.78, 5) is 17.8. The van der Waals surface area contributed by atoms with Crippen molar-refractivity contribution in [2.45, 2.75) is 38.7 Å². The molecule has 1 aromatic carbocycles. The molecular weight excluding hydrogens is 304 g/mol. The van der Waals surface area contributed by atoms with Crippen LogP contribution in [0.15, 0.2) is 24.3 Å². The largest absolute Gasteiger partial charge is 0.497 e. The van der Waals surface area contributed by atoms with Gasteiger partial charge in [0.05, 0.1) is 12.7 Å². The Hall–Kier alpha value is -2.01. The molecule has 0 bridgehead atoms. The molecule has 5 nitrogen and oxygen atoms in total. The number of H-pyrrole nitrogens is 1. The fourth-order valence-electron chi connectivity index (χ4n) is 3.57. The van der Waals surface area contributed by atoms with Crippen LogP contribution in [0.3, 0.4) is 0 Å². The Morgan fingerprint density at radius 3 is 2.67 bits per heavy atom. The highest BCUT2D eigenvalue weighted by molar-refractivity contribution is 5.98. The molecule has 1 aliphatic heterocycles. The second kappa shape index (κ2) is 6.48. The maximum atomic E-state index is 12.7. The van der Waals surface area contributed by atoms with Crippen molar-refractivity contribution >= 4 is 16.8 Å². The third-order valence-electron chi connectivity index (χ3n) is 4.75. The maximum Gasteiger partial charge on any atom is 0.270 e. The van der Waals surface area contributed by atoms with Gasteiger partial charge in [0.15, 0.2) is 0 Å². The van der Waals surface area contributed by atoms with Crippen LogP contribution in [0.4, 0.5) is 0 Å². The Labute approximate surface area is 142 Å². The van der Waals surface area contributed by atoms with E-state index >= 15 is 0 Å². The number of ether oxygens (including phenoxy) is 1. The van der Waals surface area contributed by atoms with Crippen molar-refractivity contribution in [1.29, 1.82) is 0 Å². The first-order chi connectivity index (χ1) is 11.4. The van der Waals surface area contributed by atoms with Crippen LogP contribution in [0.1, 0.15) is 43.6 Å². The van der Waals surface area contributed by atoms with E-state index in [-0.39, 0.29) is 5.91 Å². The average molecular weight is 330 g/mol. The lowest BCUT2D eigenvalue weighted by Crippen LogP contribution is -2.40. The number of aromatic nitrogens is 1.